The van der Waals surface area contributed by atoms with Crippen LogP contribution < -0.4 is 0 Å². The maximum absolute atomic E-state index is 3.85. The highest BCUT2D eigenvalue weighted by atomic mass is 14.0. The van der Waals surface area contributed by atoms with E-state index in [0.29, 0.717) is 0 Å². The predicted octanol–water partition coefficient (Wildman–Crippen LogP) is 8.81. The molecule has 0 aliphatic carbocycles. The molecule has 0 heteroatoms. The van der Waals surface area contributed by atoms with Crippen molar-refractivity contribution in [3.05, 3.63) is 19.1 Å². The minimum absolute atomic E-state index is 1.04. The van der Waals surface area contributed by atoms with Crippen LogP contribution >= 0.6 is 0 Å². The second kappa shape index (κ2) is 21.7. The Kier molecular flexibility index (Phi) is 21.5. The Hall–Kier alpha value is -0.260. The fraction of sp³-hybridized carbons (Fsp3) is 0.870. The van der Waals surface area contributed by atoms with Gasteiger partial charge >= 0.3 is 0 Å². The van der Waals surface area contributed by atoms with Crippen LogP contribution in [-0.2, 0) is 0 Å². The molecule has 0 heterocycles. The molecular formula is C23H45. The van der Waals surface area contributed by atoms with Crippen molar-refractivity contribution in [2.24, 2.45) is 0 Å². The van der Waals surface area contributed by atoms with E-state index in [4.69, 9.17) is 0 Å². The van der Waals surface area contributed by atoms with Gasteiger partial charge in [0.25, 0.3) is 0 Å². The average molecular weight is 322 g/mol. The van der Waals surface area contributed by atoms with Gasteiger partial charge in [0.15, 0.2) is 0 Å². The number of hydrogen-bond donors (Lipinski definition) is 0. The molecule has 0 aromatic rings. The third-order valence-corrected chi connectivity index (χ3v) is 4.76. The van der Waals surface area contributed by atoms with Crippen LogP contribution in [0.1, 0.15) is 129 Å². The molecule has 0 spiro atoms. The largest absolute Gasteiger partial charge is 0.0885 e. The van der Waals surface area contributed by atoms with E-state index in [2.05, 4.69) is 26.0 Å². The lowest BCUT2D eigenvalue weighted by Crippen LogP contribution is -1.83. The summed E-state index contributed by atoms with van der Waals surface area (Å²) >= 11 is 0. The zero-order valence-electron chi connectivity index (χ0n) is 16.3. The van der Waals surface area contributed by atoms with Gasteiger partial charge in [0.05, 0.1) is 0 Å². The van der Waals surface area contributed by atoms with Crippen molar-refractivity contribution in [3.8, 4) is 0 Å². The van der Waals surface area contributed by atoms with Crippen LogP contribution in [-0.4, -0.2) is 0 Å². The molecule has 0 aromatic carbocycles. The summed E-state index contributed by atoms with van der Waals surface area (Å²) in [5.74, 6) is 0. The van der Waals surface area contributed by atoms with Crippen molar-refractivity contribution in [3.63, 3.8) is 0 Å². The quantitative estimate of drug-likeness (QED) is 0.165. The SMILES string of the molecule is [CH2]CC/C=C/CCCCCCCCCCCCCCCCCC. The van der Waals surface area contributed by atoms with Crippen molar-refractivity contribution in [1.82, 2.24) is 0 Å². The third-order valence-electron chi connectivity index (χ3n) is 4.76. The van der Waals surface area contributed by atoms with Gasteiger partial charge in [-0.1, -0.05) is 122 Å². The predicted molar refractivity (Wildman–Crippen MR) is 108 cm³/mol. The Labute approximate surface area is 148 Å². The molecule has 0 aliphatic rings. The van der Waals surface area contributed by atoms with Gasteiger partial charge in [-0.2, -0.15) is 0 Å². The maximum Gasteiger partial charge on any atom is -0.0351 e. The van der Waals surface area contributed by atoms with Crippen molar-refractivity contribution < 1.29 is 0 Å². The van der Waals surface area contributed by atoms with Crippen molar-refractivity contribution in [1.29, 1.82) is 0 Å². The summed E-state index contributed by atoms with van der Waals surface area (Å²) < 4.78 is 0. The van der Waals surface area contributed by atoms with Gasteiger partial charge in [-0.05, 0) is 25.7 Å². The number of hydrogen-bond acceptors (Lipinski definition) is 0. The normalized spacial score (nSPS) is 11.6. The summed E-state index contributed by atoms with van der Waals surface area (Å²) in [4.78, 5) is 0. The van der Waals surface area contributed by atoms with E-state index >= 15 is 0 Å². The minimum Gasteiger partial charge on any atom is -0.0885 e. The fourth-order valence-corrected chi connectivity index (χ4v) is 3.16. The number of unbranched alkanes of at least 4 members (excludes halogenated alkanes) is 17. The molecule has 0 nitrogen and oxygen atoms in total. The first kappa shape index (κ1) is 22.7. The lowest BCUT2D eigenvalue weighted by atomic mass is 10.0. The van der Waals surface area contributed by atoms with Crippen LogP contribution in [0.2, 0.25) is 0 Å². The molecule has 0 rings (SSSR count). The smallest absolute Gasteiger partial charge is 0.0351 e. The van der Waals surface area contributed by atoms with Crippen molar-refractivity contribution >= 4 is 0 Å². The van der Waals surface area contributed by atoms with Gasteiger partial charge in [0.2, 0.25) is 0 Å². The molecule has 0 unspecified atom stereocenters. The van der Waals surface area contributed by atoms with E-state index in [1.807, 2.05) is 0 Å². The zero-order valence-corrected chi connectivity index (χ0v) is 16.3. The first-order valence-electron chi connectivity index (χ1n) is 10.9. The van der Waals surface area contributed by atoms with Crippen LogP contribution in [0.25, 0.3) is 0 Å². The molecule has 0 atom stereocenters. The molecule has 0 amide bonds. The van der Waals surface area contributed by atoms with E-state index in [0.717, 1.165) is 12.8 Å². The molecule has 0 saturated heterocycles. The lowest BCUT2D eigenvalue weighted by Gasteiger charge is -2.03. The molecule has 0 fully saturated rings. The van der Waals surface area contributed by atoms with Gasteiger partial charge in [-0.25, -0.2) is 0 Å². The molecular weight excluding hydrogens is 276 g/mol. The standard InChI is InChI=1S/C23H45/c1-3-5-7-9-11-13-15-17-19-21-23-22-20-18-16-14-12-10-8-6-4-2/h7,9H,1,3-6,8,10-23H2,2H3/b9-7+. The van der Waals surface area contributed by atoms with Crippen LogP contribution in [0.4, 0.5) is 0 Å². The Morgan fingerprint density at radius 2 is 0.826 bits per heavy atom. The number of allylic oxidation sites excluding steroid dienone is 2. The first-order valence-corrected chi connectivity index (χ1v) is 10.9. The molecule has 1 radical (unpaired) electrons. The van der Waals surface area contributed by atoms with E-state index in [9.17, 15) is 0 Å². The first-order chi connectivity index (χ1) is 11.4. The fourth-order valence-electron chi connectivity index (χ4n) is 3.16. The summed E-state index contributed by atoms with van der Waals surface area (Å²) in [6.45, 7) is 6.15. The Bertz CT molecular complexity index is 216. The second-order valence-corrected chi connectivity index (χ2v) is 7.21. The lowest BCUT2D eigenvalue weighted by molar-refractivity contribution is 0.530. The summed E-state index contributed by atoms with van der Waals surface area (Å²) in [6.07, 6.45) is 31.4. The van der Waals surface area contributed by atoms with Crippen LogP contribution in [0.5, 0.6) is 0 Å². The monoisotopic (exact) mass is 321 g/mol. The Balaban J connectivity index is 2.97. The number of rotatable bonds is 19. The highest BCUT2D eigenvalue weighted by molar-refractivity contribution is 4.81. The van der Waals surface area contributed by atoms with Gasteiger partial charge in [0.1, 0.15) is 0 Å². The summed E-state index contributed by atoms with van der Waals surface area (Å²) in [5, 5.41) is 0. The molecule has 0 N–H and O–H groups in total. The summed E-state index contributed by atoms with van der Waals surface area (Å²) in [5.41, 5.74) is 0. The third kappa shape index (κ3) is 21.7. The molecule has 0 saturated carbocycles. The topological polar surface area (TPSA) is 0 Å². The Morgan fingerprint density at radius 1 is 0.478 bits per heavy atom. The average Bonchev–Trinajstić information content (AvgIpc) is 2.57. The van der Waals surface area contributed by atoms with Crippen LogP contribution in [0.15, 0.2) is 12.2 Å². The minimum atomic E-state index is 1.04. The zero-order chi connectivity index (χ0) is 16.8. The van der Waals surface area contributed by atoms with Gasteiger partial charge in [-0.3, -0.25) is 0 Å². The van der Waals surface area contributed by atoms with Gasteiger partial charge < -0.3 is 0 Å². The van der Waals surface area contributed by atoms with Crippen LogP contribution in [0.3, 0.4) is 0 Å². The van der Waals surface area contributed by atoms with Crippen LogP contribution in [0, 0.1) is 6.92 Å². The van der Waals surface area contributed by atoms with Gasteiger partial charge in [0, 0.05) is 0 Å². The Morgan fingerprint density at radius 3 is 1.22 bits per heavy atom. The highest BCUT2D eigenvalue weighted by Crippen LogP contribution is 2.14. The van der Waals surface area contributed by atoms with Crippen molar-refractivity contribution in [2.75, 3.05) is 0 Å². The second-order valence-electron chi connectivity index (χ2n) is 7.21. The molecule has 137 valence electrons. The van der Waals surface area contributed by atoms with E-state index < -0.39 is 0 Å². The maximum atomic E-state index is 3.85. The molecule has 0 bridgehead atoms. The van der Waals surface area contributed by atoms with E-state index in [-0.39, 0.29) is 0 Å². The molecule has 23 heavy (non-hydrogen) atoms. The van der Waals surface area contributed by atoms with E-state index in [1.54, 1.807) is 0 Å². The highest BCUT2D eigenvalue weighted by Gasteiger charge is 1.94. The van der Waals surface area contributed by atoms with Gasteiger partial charge in [-0.15, -0.1) is 0 Å². The summed E-state index contributed by atoms with van der Waals surface area (Å²) in [7, 11) is 0. The van der Waals surface area contributed by atoms with E-state index in [1.165, 1.54) is 109 Å². The summed E-state index contributed by atoms with van der Waals surface area (Å²) in [6, 6.07) is 0. The van der Waals surface area contributed by atoms with Crippen molar-refractivity contribution in [2.45, 2.75) is 129 Å². The molecule has 0 aromatic heterocycles. The molecule has 0 aliphatic heterocycles.